The summed E-state index contributed by atoms with van der Waals surface area (Å²) in [5.41, 5.74) is 10.0. The highest BCUT2D eigenvalue weighted by atomic mass is 16.6. The van der Waals surface area contributed by atoms with Crippen LogP contribution in [0, 0.1) is 13.8 Å². The zero-order valence-electron chi connectivity index (χ0n) is 20.0. The molecule has 2 aromatic heterocycles. The topological polar surface area (TPSA) is 48.4 Å². The van der Waals surface area contributed by atoms with E-state index in [0.717, 1.165) is 39.2 Å². The molecule has 3 rings (SSSR count). The van der Waals surface area contributed by atoms with Crippen molar-refractivity contribution in [2.75, 3.05) is 0 Å². The van der Waals surface area contributed by atoms with Gasteiger partial charge in [0.25, 0.3) is 0 Å². The number of benzene rings is 2. The highest BCUT2D eigenvalue weighted by molar-refractivity contribution is 5.96. The van der Waals surface area contributed by atoms with Gasteiger partial charge in [0, 0.05) is 27.8 Å². The molecule has 0 spiro atoms. The number of hydrogen-bond acceptors (Lipinski definition) is 3. The number of fused-ring (bicyclic) bond motifs is 2. The van der Waals surface area contributed by atoms with Crippen molar-refractivity contribution in [1.82, 2.24) is 0 Å². The minimum Gasteiger partial charge on any atom is -0.456 e. The van der Waals surface area contributed by atoms with Gasteiger partial charge in [0.15, 0.2) is 5.75 Å². The van der Waals surface area contributed by atoms with Gasteiger partial charge in [-0.25, -0.2) is 0 Å². The third-order valence-corrected chi connectivity index (χ3v) is 6.03. The van der Waals surface area contributed by atoms with Gasteiger partial charge in [-0.1, -0.05) is 68.4 Å². The quantitative estimate of drug-likeness (QED) is 0.463. The minimum atomic E-state index is -0.107. The molecule has 0 saturated heterocycles. The van der Waals surface area contributed by atoms with Crippen LogP contribution in [0.4, 0.5) is 0 Å². The first-order valence-corrected chi connectivity index (χ1v) is 10.5. The monoisotopic (exact) mass is 395 g/mol. The summed E-state index contributed by atoms with van der Waals surface area (Å²) in [6, 6.07) is 4.47. The Morgan fingerprint density at radius 3 is 1.62 bits per heavy atom. The molecule has 3 aromatic rings. The van der Waals surface area contributed by atoms with Gasteiger partial charge in [-0.3, -0.25) is 0 Å². The second kappa shape index (κ2) is 6.50. The van der Waals surface area contributed by atoms with Crippen LogP contribution in [0.25, 0.3) is 22.3 Å². The summed E-state index contributed by atoms with van der Waals surface area (Å²) in [6.45, 7) is 24.4. The van der Waals surface area contributed by atoms with Crippen LogP contribution in [-0.2, 0) is 16.2 Å². The fraction of sp³-hybridized carbons (Fsp3) is 0.538. The average molecular weight is 396 g/mol. The molecule has 0 aliphatic heterocycles. The number of furan rings is 2. The summed E-state index contributed by atoms with van der Waals surface area (Å²) in [6.07, 6.45) is 0. The number of hydrogen-bond donors (Lipinski definition) is 1. The van der Waals surface area contributed by atoms with Gasteiger partial charge in [0.2, 0.25) is 0 Å². The van der Waals surface area contributed by atoms with Crippen molar-refractivity contribution < 1.29 is 9.25 Å². The largest absolute Gasteiger partial charge is 0.456 e. The molecule has 0 saturated carbocycles. The van der Waals surface area contributed by atoms with Gasteiger partial charge in [-0.2, -0.15) is 5.90 Å². The van der Waals surface area contributed by atoms with Gasteiger partial charge >= 0.3 is 0 Å². The molecule has 3 nitrogen and oxygen atoms in total. The Morgan fingerprint density at radius 1 is 0.690 bits per heavy atom. The Kier molecular flexibility index (Phi) is 4.86. The number of nitrogens with two attached hydrogens (primary N) is 1. The summed E-state index contributed by atoms with van der Waals surface area (Å²) >= 11 is 0. The SMILES string of the molecule is Cc1c(C(C)(C)C)cc(C(C)(C)C)c(ON)c1-c1c(C)c2cc(C(C)(C)C)c1o2. The molecule has 3 heteroatoms. The van der Waals surface area contributed by atoms with E-state index >= 15 is 0 Å². The van der Waals surface area contributed by atoms with E-state index in [1.807, 2.05) is 0 Å². The minimum absolute atomic E-state index is 0.000586. The Morgan fingerprint density at radius 2 is 1.21 bits per heavy atom. The van der Waals surface area contributed by atoms with Crippen LogP contribution in [0.3, 0.4) is 0 Å². The van der Waals surface area contributed by atoms with Crippen LogP contribution in [0.15, 0.2) is 16.5 Å². The fourth-order valence-corrected chi connectivity index (χ4v) is 4.43. The van der Waals surface area contributed by atoms with E-state index in [2.05, 4.69) is 88.3 Å². The lowest BCUT2D eigenvalue weighted by atomic mass is 9.74. The number of aryl methyl sites for hydroxylation is 1. The van der Waals surface area contributed by atoms with Crippen molar-refractivity contribution in [3.63, 3.8) is 0 Å². The van der Waals surface area contributed by atoms with Crippen molar-refractivity contribution in [3.05, 3.63) is 39.9 Å². The molecule has 29 heavy (non-hydrogen) atoms. The highest BCUT2D eigenvalue weighted by Gasteiger charge is 2.34. The first-order valence-electron chi connectivity index (χ1n) is 10.5. The van der Waals surface area contributed by atoms with Crippen LogP contribution in [0.5, 0.6) is 5.75 Å². The molecule has 0 fully saturated rings. The van der Waals surface area contributed by atoms with E-state index in [9.17, 15) is 0 Å². The van der Waals surface area contributed by atoms with Crippen molar-refractivity contribution in [3.8, 4) is 16.9 Å². The number of rotatable bonds is 2. The molecule has 0 amide bonds. The third kappa shape index (κ3) is 3.44. The van der Waals surface area contributed by atoms with Crippen LogP contribution in [0.1, 0.15) is 90.1 Å². The zero-order valence-corrected chi connectivity index (χ0v) is 20.0. The predicted octanol–water partition coefficient (Wildman–Crippen LogP) is 7.30. The molecule has 0 aliphatic rings. The lowest BCUT2D eigenvalue weighted by Crippen LogP contribution is -2.21. The molecule has 158 valence electrons. The van der Waals surface area contributed by atoms with E-state index in [0.29, 0.717) is 0 Å². The van der Waals surface area contributed by atoms with Gasteiger partial charge in [0.1, 0.15) is 11.2 Å². The van der Waals surface area contributed by atoms with E-state index in [4.69, 9.17) is 15.2 Å². The van der Waals surface area contributed by atoms with E-state index in [1.165, 1.54) is 16.7 Å². The first-order chi connectivity index (χ1) is 13.1. The maximum atomic E-state index is 6.27. The van der Waals surface area contributed by atoms with Crippen LogP contribution >= 0.6 is 0 Å². The Labute approximate surface area is 175 Å². The second-order valence-corrected chi connectivity index (χ2v) is 11.5. The molecule has 2 bridgehead atoms. The zero-order chi connectivity index (χ0) is 22.1. The third-order valence-electron chi connectivity index (χ3n) is 6.03. The molecule has 2 heterocycles. The summed E-state index contributed by atoms with van der Waals surface area (Å²) in [5.74, 6) is 6.67. The van der Waals surface area contributed by atoms with Crippen LogP contribution in [-0.4, -0.2) is 0 Å². The summed E-state index contributed by atoms with van der Waals surface area (Å²) in [7, 11) is 0. The lowest BCUT2D eigenvalue weighted by molar-refractivity contribution is 0.325. The molecule has 2 N–H and O–H groups in total. The summed E-state index contributed by atoms with van der Waals surface area (Å²) in [5, 5.41) is 0. The molecule has 0 unspecified atom stereocenters. The van der Waals surface area contributed by atoms with Gasteiger partial charge < -0.3 is 9.25 Å². The highest BCUT2D eigenvalue weighted by Crippen LogP contribution is 2.51. The standard InChI is InChI=1S/C26H37NO2/c1-14-16(24(3,4)5)12-17(25(6,7)8)23(29-27)20(14)21-15(2)19-13-18(22(21)28-19)26(9,10)11/h12-13H,27H2,1-11H3. The lowest BCUT2D eigenvalue weighted by Gasteiger charge is -2.31. The van der Waals surface area contributed by atoms with Gasteiger partial charge in [0.05, 0.1) is 0 Å². The summed E-state index contributed by atoms with van der Waals surface area (Å²) in [4.78, 5) is 5.61. The molecule has 0 aliphatic carbocycles. The Balaban J connectivity index is 2.51. The Bertz CT molecular complexity index is 1050. The maximum absolute atomic E-state index is 6.27. The van der Waals surface area contributed by atoms with Gasteiger partial charge in [-0.15, -0.1) is 0 Å². The fourth-order valence-electron chi connectivity index (χ4n) is 4.43. The van der Waals surface area contributed by atoms with Crippen molar-refractivity contribution in [2.24, 2.45) is 5.90 Å². The molecular formula is C26H37NO2. The maximum Gasteiger partial charge on any atom is 0.158 e. The van der Waals surface area contributed by atoms with Crippen molar-refractivity contribution >= 4 is 11.2 Å². The molecule has 1 aromatic carbocycles. The van der Waals surface area contributed by atoms with Crippen molar-refractivity contribution in [2.45, 2.75) is 92.4 Å². The molecule has 0 atom stereocenters. The first kappa shape index (κ1) is 21.7. The van der Waals surface area contributed by atoms with E-state index in [1.54, 1.807) is 0 Å². The van der Waals surface area contributed by atoms with Gasteiger partial charge in [-0.05, 0) is 47.3 Å². The summed E-state index contributed by atoms with van der Waals surface area (Å²) < 4.78 is 6.27. The van der Waals surface area contributed by atoms with E-state index < -0.39 is 0 Å². The van der Waals surface area contributed by atoms with Crippen LogP contribution < -0.4 is 10.7 Å². The van der Waals surface area contributed by atoms with Crippen molar-refractivity contribution in [1.29, 1.82) is 0 Å². The molecule has 0 radical (unpaired) electrons. The normalized spacial score (nSPS) is 13.5. The second-order valence-electron chi connectivity index (χ2n) is 11.5. The average Bonchev–Trinajstić information content (AvgIpc) is 3.10. The van der Waals surface area contributed by atoms with E-state index in [-0.39, 0.29) is 16.2 Å². The smallest absolute Gasteiger partial charge is 0.158 e. The molecular weight excluding hydrogens is 358 g/mol. The van der Waals surface area contributed by atoms with Crippen LogP contribution in [0.2, 0.25) is 0 Å². The Hall–Kier alpha value is -2.00. The predicted molar refractivity (Wildman–Crippen MR) is 123 cm³/mol.